The lowest BCUT2D eigenvalue weighted by atomic mass is 10.1. The molecule has 1 atom stereocenters. The SMILES string of the molecule is Cc1cccc(N2CCN(C(=O)C3CCN(Cc4ccccc4)C3)CC2)c1. The summed E-state index contributed by atoms with van der Waals surface area (Å²) in [4.78, 5) is 19.9. The van der Waals surface area contributed by atoms with Gasteiger partial charge in [-0.3, -0.25) is 9.69 Å². The molecule has 0 bridgehead atoms. The van der Waals surface area contributed by atoms with Crippen LogP contribution in [0.5, 0.6) is 0 Å². The molecule has 27 heavy (non-hydrogen) atoms. The number of carbonyl (C=O) groups is 1. The maximum Gasteiger partial charge on any atom is 0.227 e. The Morgan fingerprint density at radius 3 is 2.48 bits per heavy atom. The van der Waals surface area contributed by atoms with E-state index in [-0.39, 0.29) is 5.92 Å². The monoisotopic (exact) mass is 363 g/mol. The fourth-order valence-electron chi connectivity index (χ4n) is 4.29. The quantitative estimate of drug-likeness (QED) is 0.835. The molecule has 4 rings (SSSR count). The largest absolute Gasteiger partial charge is 0.368 e. The van der Waals surface area contributed by atoms with E-state index in [1.807, 2.05) is 0 Å². The maximum absolute atomic E-state index is 13.0. The minimum atomic E-state index is 0.166. The van der Waals surface area contributed by atoms with E-state index in [4.69, 9.17) is 0 Å². The Labute approximate surface area is 162 Å². The molecule has 2 saturated heterocycles. The van der Waals surface area contributed by atoms with Gasteiger partial charge < -0.3 is 9.80 Å². The second kappa shape index (κ2) is 8.13. The highest BCUT2D eigenvalue weighted by Gasteiger charge is 2.32. The normalized spacial score (nSPS) is 20.9. The van der Waals surface area contributed by atoms with Gasteiger partial charge in [0.2, 0.25) is 5.91 Å². The summed E-state index contributed by atoms with van der Waals surface area (Å²) in [6, 6.07) is 19.2. The van der Waals surface area contributed by atoms with Gasteiger partial charge in [-0.15, -0.1) is 0 Å². The van der Waals surface area contributed by atoms with Crippen molar-refractivity contribution in [3.63, 3.8) is 0 Å². The zero-order valence-corrected chi connectivity index (χ0v) is 16.2. The molecule has 0 aliphatic carbocycles. The highest BCUT2D eigenvalue weighted by atomic mass is 16.2. The minimum Gasteiger partial charge on any atom is -0.368 e. The lowest BCUT2D eigenvalue weighted by Crippen LogP contribution is -2.50. The standard InChI is InChI=1S/C23H29N3O/c1-19-6-5-9-22(16-19)25-12-14-26(15-13-25)23(27)21-10-11-24(18-21)17-20-7-3-2-4-8-20/h2-9,16,21H,10-15,17-18H2,1H3. The smallest absolute Gasteiger partial charge is 0.227 e. The van der Waals surface area contributed by atoms with Gasteiger partial charge in [-0.2, -0.15) is 0 Å². The summed E-state index contributed by atoms with van der Waals surface area (Å²) in [5.41, 5.74) is 3.89. The van der Waals surface area contributed by atoms with E-state index in [0.29, 0.717) is 5.91 Å². The lowest BCUT2D eigenvalue weighted by molar-refractivity contribution is -0.135. The van der Waals surface area contributed by atoms with Crippen molar-refractivity contribution in [3.8, 4) is 0 Å². The fourth-order valence-corrected chi connectivity index (χ4v) is 4.29. The Bertz CT molecular complexity index is 768. The predicted octanol–water partition coefficient (Wildman–Crippen LogP) is 3.17. The zero-order valence-electron chi connectivity index (χ0n) is 16.2. The first-order valence-electron chi connectivity index (χ1n) is 10.1. The number of anilines is 1. The minimum absolute atomic E-state index is 0.166. The number of hydrogen-bond acceptors (Lipinski definition) is 3. The summed E-state index contributed by atoms with van der Waals surface area (Å²) in [5.74, 6) is 0.522. The Balaban J connectivity index is 1.28. The van der Waals surface area contributed by atoms with Crippen LogP contribution in [-0.4, -0.2) is 55.0 Å². The number of likely N-dealkylation sites (tertiary alicyclic amines) is 1. The van der Waals surface area contributed by atoms with Gasteiger partial charge in [0.05, 0.1) is 5.92 Å². The first-order valence-corrected chi connectivity index (χ1v) is 10.1. The molecule has 142 valence electrons. The van der Waals surface area contributed by atoms with Crippen LogP contribution in [0, 0.1) is 12.8 Å². The van der Waals surface area contributed by atoms with E-state index in [0.717, 1.165) is 52.2 Å². The molecule has 2 aliphatic rings. The molecule has 4 heteroatoms. The van der Waals surface area contributed by atoms with Gasteiger partial charge in [-0.1, -0.05) is 42.5 Å². The molecule has 1 unspecified atom stereocenters. The van der Waals surface area contributed by atoms with Crippen LogP contribution in [0.25, 0.3) is 0 Å². The molecule has 0 spiro atoms. The predicted molar refractivity (Wildman–Crippen MR) is 110 cm³/mol. The first-order chi connectivity index (χ1) is 13.2. The van der Waals surface area contributed by atoms with E-state index in [2.05, 4.69) is 76.2 Å². The van der Waals surface area contributed by atoms with Crippen LogP contribution in [0.3, 0.4) is 0 Å². The third-order valence-electron chi connectivity index (χ3n) is 5.83. The van der Waals surface area contributed by atoms with Crippen molar-refractivity contribution in [2.24, 2.45) is 5.92 Å². The first kappa shape index (κ1) is 18.1. The van der Waals surface area contributed by atoms with Gasteiger partial charge in [0, 0.05) is 45.0 Å². The molecular formula is C23H29N3O. The number of aryl methyl sites for hydroxylation is 1. The average molecular weight is 364 g/mol. The van der Waals surface area contributed by atoms with Gasteiger partial charge in [0.15, 0.2) is 0 Å². The van der Waals surface area contributed by atoms with Crippen LogP contribution in [0.1, 0.15) is 17.5 Å². The fraction of sp³-hybridized carbons (Fsp3) is 0.435. The molecule has 2 fully saturated rings. The maximum atomic E-state index is 13.0. The lowest BCUT2D eigenvalue weighted by Gasteiger charge is -2.37. The molecule has 0 N–H and O–H groups in total. The Morgan fingerprint density at radius 1 is 0.963 bits per heavy atom. The van der Waals surface area contributed by atoms with Crippen LogP contribution in [-0.2, 0) is 11.3 Å². The Morgan fingerprint density at radius 2 is 1.74 bits per heavy atom. The van der Waals surface area contributed by atoms with Crippen molar-refractivity contribution in [3.05, 3.63) is 65.7 Å². The van der Waals surface area contributed by atoms with E-state index in [1.54, 1.807) is 0 Å². The number of benzene rings is 2. The second-order valence-electron chi connectivity index (χ2n) is 7.86. The topological polar surface area (TPSA) is 26.8 Å². The van der Waals surface area contributed by atoms with E-state index in [1.165, 1.54) is 16.8 Å². The van der Waals surface area contributed by atoms with Crippen molar-refractivity contribution in [1.29, 1.82) is 0 Å². The summed E-state index contributed by atoms with van der Waals surface area (Å²) in [7, 11) is 0. The third-order valence-corrected chi connectivity index (χ3v) is 5.83. The molecule has 4 nitrogen and oxygen atoms in total. The summed E-state index contributed by atoms with van der Waals surface area (Å²) in [5, 5.41) is 0. The second-order valence-corrected chi connectivity index (χ2v) is 7.86. The van der Waals surface area contributed by atoms with Crippen molar-refractivity contribution in [2.75, 3.05) is 44.2 Å². The molecule has 1 amide bonds. The highest BCUT2D eigenvalue weighted by molar-refractivity contribution is 5.79. The van der Waals surface area contributed by atoms with Gasteiger partial charge >= 0.3 is 0 Å². The molecule has 2 heterocycles. The number of amides is 1. The van der Waals surface area contributed by atoms with Crippen molar-refractivity contribution < 1.29 is 4.79 Å². The third kappa shape index (κ3) is 4.33. The van der Waals surface area contributed by atoms with Crippen LogP contribution in [0.4, 0.5) is 5.69 Å². The van der Waals surface area contributed by atoms with Crippen LogP contribution in [0.2, 0.25) is 0 Å². The highest BCUT2D eigenvalue weighted by Crippen LogP contribution is 2.23. The van der Waals surface area contributed by atoms with E-state index in [9.17, 15) is 4.79 Å². The molecular weight excluding hydrogens is 334 g/mol. The number of rotatable bonds is 4. The Kier molecular flexibility index (Phi) is 5.44. The summed E-state index contributed by atoms with van der Waals surface area (Å²) in [6.07, 6.45) is 0.990. The molecule has 0 radical (unpaired) electrons. The molecule has 0 aromatic heterocycles. The Hall–Kier alpha value is -2.33. The number of piperazine rings is 1. The number of nitrogens with zero attached hydrogens (tertiary/aromatic N) is 3. The van der Waals surface area contributed by atoms with E-state index >= 15 is 0 Å². The van der Waals surface area contributed by atoms with Crippen molar-refractivity contribution >= 4 is 11.6 Å². The van der Waals surface area contributed by atoms with Crippen LogP contribution >= 0.6 is 0 Å². The molecule has 2 aliphatic heterocycles. The number of carbonyl (C=O) groups excluding carboxylic acids is 1. The molecule has 0 saturated carbocycles. The summed E-state index contributed by atoms with van der Waals surface area (Å²) in [6.45, 7) is 8.52. The number of hydrogen-bond donors (Lipinski definition) is 0. The van der Waals surface area contributed by atoms with Crippen LogP contribution < -0.4 is 4.90 Å². The van der Waals surface area contributed by atoms with Gasteiger partial charge in [0.1, 0.15) is 0 Å². The van der Waals surface area contributed by atoms with Gasteiger partial charge in [0.25, 0.3) is 0 Å². The van der Waals surface area contributed by atoms with E-state index < -0.39 is 0 Å². The van der Waals surface area contributed by atoms with Gasteiger partial charge in [-0.25, -0.2) is 0 Å². The molecule has 2 aromatic carbocycles. The van der Waals surface area contributed by atoms with Crippen molar-refractivity contribution in [1.82, 2.24) is 9.80 Å². The molecule has 2 aromatic rings. The summed E-state index contributed by atoms with van der Waals surface area (Å²) >= 11 is 0. The average Bonchev–Trinajstić information content (AvgIpc) is 3.17. The van der Waals surface area contributed by atoms with Gasteiger partial charge in [-0.05, 0) is 43.1 Å². The zero-order chi connectivity index (χ0) is 18.6. The van der Waals surface area contributed by atoms with Crippen molar-refractivity contribution in [2.45, 2.75) is 19.9 Å². The summed E-state index contributed by atoms with van der Waals surface area (Å²) < 4.78 is 0. The van der Waals surface area contributed by atoms with Crippen LogP contribution in [0.15, 0.2) is 54.6 Å².